The largest absolute Gasteiger partial charge is 0.373 e. The fourth-order valence-electron chi connectivity index (χ4n) is 2.59. The number of amides is 1. The third kappa shape index (κ3) is 3.44. The van der Waals surface area contributed by atoms with Gasteiger partial charge in [-0.05, 0) is 25.7 Å². The molecule has 1 aliphatic rings. The summed E-state index contributed by atoms with van der Waals surface area (Å²) >= 11 is 1.79. The van der Waals surface area contributed by atoms with E-state index in [0.29, 0.717) is 5.25 Å². The van der Waals surface area contributed by atoms with Crippen LogP contribution in [0, 0.1) is 0 Å². The number of aromatic nitrogens is 3. The predicted octanol–water partition coefficient (Wildman–Crippen LogP) is 1.53. The zero-order valence-corrected chi connectivity index (χ0v) is 13.1. The van der Waals surface area contributed by atoms with Crippen LogP contribution in [0.4, 0.5) is 0 Å². The maximum atomic E-state index is 11.9. The van der Waals surface area contributed by atoms with Crippen molar-refractivity contribution in [3.8, 4) is 0 Å². The molecule has 2 aromatic heterocycles. The average molecular weight is 322 g/mol. The smallest absolute Gasteiger partial charge is 0.290 e. The van der Waals surface area contributed by atoms with E-state index in [0.717, 1.165) is 36.9 Å². The summed E-state index contributed by atoms with van der Waals surface area (Å²) in [6.07, 6.45) is 7.64. The second-order valence-corrected chi connectivity index (χ2v) is 6.73. The van der Waals surface area contributed by atoms with Gasteiger partial charge in [0.25, 0.3) is 11.5 Å². The summed E-state index contributed by atoms with van der Waals surface area (Å²) < 4.78 is 6.83. The van der Waals surface area contributed by atoms with E-state index >= 15 is 0 Å². The van der Waals surface area contributed by atoms with Gasteiger partial charge in [-0.25, -0.2) is 4.98 Å². The molecule has 1 amide bonds. The molecule has 0 radical (unpaired) electrons. The van der Waals surface area contributed by atoms with Crippen LogP contribution >= 0.6 is 11.8 Å². The minimum Gasteiger partial charge on any atom is -0.373 e. The van der Waals surface area contributed by atoms with E-state index in [1.165, 1.54) is 0 Å². The maximum absolute atomic E-state index is 11.9. The van der Waals surface area contributed by atoms with E-state index in [1.807, 2.05) is 17.8 Å². The molecule has 0 aliphatic heterocycles. The second-order valence-electron chi connectivity index (χ2n) is 5.46. The van der Waals surface area contributed by atoms with E-state index < -0.39 is 5.56 Å². The van der Waals surface area contributed by atoms with Gasteiger partial charge in [0, 0.05) is 30.7 Å². The lowest BCUT2D eigenvalue weighted by Crippen LogP contribution is -2.38. The molecule has 3 rings (SSSR count). The molecule has 2 aromatic rings. The molecule has 0 unspecified atom stereocenters. The van der Waals surface area contributed by atoms with Crippen molar-refractivity contribution >= 4 is 17.7 Å². The first-order chi connectivity index (χ1) is 10.6. The second kappa shape index (κ2) is 6.43. The zero-order chi connectivity index (χ0) is 15.5. The summed E-state index contributed by atoms with van der Waals surface area (Å²) in [6, 6.07) is 1.30. The summed E-state index contributed by atoms with van der Waals surface area (Å²) in [5.74, 6) is -0.298. The Kier molecular flexibility index (Phi) is 4.37. The van der Waals surface area contributed by atoms with Crippen molar-refractivity contribution < 1.29 is 9.32 Å². The van der Waals surface area contributed by atoms with Crippen molar-refractivity contribution in [1.82, 2.24) is 20.0 Å². The van der Waals surface area contributed by atoms with Crippen LogP contribution in [-0.4, -0.2) is 31.9 Å². The average Bonchev–Trinajstić information content (AvgIpc) is 3.10. The first-order valence-electron chi connectivity index (χ1n) is 7.25. The van der Waals surface area contributed by atoms with Gasteiger partial charge in [-0.2, -0.15) is 5.16 Å². The summed E-state index contributed by atoms with van der Waals surface area (Å²) in [4.78, 5) is 27.2. The van der Waals surface area contributed by atoms with Crippen LogP contribution in [0.25, 0.3) is 0 Å². The number of hydrogen-bond donors (Lipinski definition) is 2. The van der Waals surface area contributed by atoms with Gasteiger partial charge in [0.05, 0.1) is 6.07 Å². The third-order valence-corrected chi connectivity index (χ3v) is 5.21. The number of thioether (sulfide) groups is 1. The lowest BCUT2D eigenvalue weighted by molar-refractivity contribution is 0.0890. The fraction of sp³-hybridized carbons (Fsp3) is 0.500. The van der Waals surface area contributed by atoms with Crippen molar-refractivity contribution in [3.05, 3.63) is 34.6 Å². The minimum absolute atomic E-state index is 0.0366. The molecule has 0 spiro atoms. The van der Waals surface area contributed by atoms with Crippen LogP contribution in [0.15, 0.2) is 32.9 Å². The van der Waals surface area contributed by atoms with Gasteiger partial charge >= 0.3 is 0 Å². The normalized spacial score (nSPS) is 21.7. The van der Waals surface area contributed by atoms with Crippen molar-refractivity contribution in [2.75, 3.05) is 0 Å². The molecule has 2 N–H and O–H groups in total. The summed E-state index contributed by atoms with van der Waals surface area (Å²) in [6.45, 7) is 0. The fourth-order valence-corrected chi connectivity index (χ4v) is 3.75. The first kappa shape index (κ1) is 15.0. The van der Waals surface area contributed by atoms with Gasteiger partial charge < -0.3 is 14.4 Å². The number of imidazole rings is 1. The van der Waals surface area contributed by atoms with E-state index in [9.17, 15) is 9.59 Å². The Morgan fingerprint density at radius 2 is 2.23 bits per heavy atom. The molecule has 22 heavy (non-hydrogen) atoms. The highest BCUT2D eigenvalue weighted by Gasteiger charge is 2.25. The minimum atomic E-state index is -0.402. The SMILES string of the molecule is Cn1ccnc1SC1CCC(NC(=O)c2cc(=O)[nH]o2)CC1. The summed E-state index contributed by atoms with van der Waals surface area (Å²) in [5.41, 5.74) is -0.402. The van der Waals surface area contributed by atoms with Crippen molar-refractivity contribution in [2.45, 2.75) is 42.1 Å². The standard InChI is InChI=1S/C14H18N4O3S/c1-18-7-6-15-14(18)22-10-4-2-9(3-5-10)16-13(20)11-8-12(19)17-21-11/h6-10H,2-5H2,1H3,(H,16,20)(H,17,19). The third-order valence-electron chi connectivity index (χ3n) is 3.81. The molecule has 2 heterocycles. The Labute approximate surface area is 131 Å². The van der Waals surface area contributed by atoms with E-state index in [2.05, 4.69) is 15.5 Å². The maximum Gasteiger partial charge on any atom is 0.290 e. The van der Waals surface area contributed by atoms with Gasteiger partial charge in [-0.1, -0.05) is 11.8 Å². The van der Waals surface area contributed by atoms with Crippen molar-refractivity contribution in [3.63, 3.8) is 0 Å². The van der Waals surface area contributed by atoms with Gasteiger partial charge in [0.1, 0.15) is 0 Å². The van der Waals surface area contributed by atoms with Gasteiger partial charge in [-0.15, -0.1) is 0 Å². The van der Waals surface area contributed by atoms with E-state index in [1.54, 1.807) is 18.0 Å². The zero-order valence-electron chi connectivity index (χ0n) is 12.2. The number of aryl methyl sites for hydroxylation is 1. The molecule has 7 nitrogen and oxygen atoms in total. The van der Waals surface area contributed by atoms with Gasteiger partial charge in [0.2, 0.25) is 5.76 Å². The van der Waals surface area contributed by atoms with Crippen molar-refractivity contribution in [2.24, 2.45) is 7.05 Å². The van der Waals surface area contributed by atoms with Crippen LogP contribution in [0.3, 0.4) is 0 Å². The molecule has 0 saturated heterocycles. The number of nitrogens with zero attached hydrogens (tertiary/aromatic N) is 2. The molecule has 1 aliphatic carbocycles. The number of aromatic amines is 1. The Hall–Kier alpha value is -1.96. The Morgan fingerprint density at radius 3 is 2.82 bits per heavy atom. The van der Waals surface area contributed by atoms with Crippen LogP contribution in [-0.2, 0) is 7.05 Å². The molecule has 8 heteroatoms. The lowest BCUT2D eigenvalue weighted by atomic mass is 9.95. The summed E-state index contributed by atoms with van der Waals surface area (Å²) in [7, 11) is 1.99. The van der Waals surface area contributed by atoms with Crippen LogP contribution < -0.4 is 10.9 Å². The van der Waals surface area contributed by atoms with Gasteiger partial charge in [0.15, 0.2) is 5.16 Å². The molecular weight excluding hydrogens is 304 g/mol. The number of H-pyrrole nitrogens is 1. The monoisotopic (exact) mass is 322 g/mol. The van der Waals surface area contributed by atoms with Crippen molar-refractivity contribution in [1.29, 1.82) is 0 Å². The highest BCUT2D eigenvalue weighted by molar-refractivity contribution is 7.99. The number of hydrogen-bond acceptors (Lipinski definition) is 5. The number of rotatable bonds is 4. The van der Waals surface area contributed by atoms with E-state index in [-0.39, 0.29) is 17.7 Å². The van der Waals surface area contributed by atoms with Crippen LogP contribution in [0.5, 0.6) is 0 Å². The van der Waals surface area contributed by atoms with Crippen LogP contribution in [0.2, 0.25) is 0 Å². The van der Waals surface area contributed by atoms with E-state index in [4.69, 9.17) is 4.52 Å². The highest BCUT2D eigenvalue weighted by Crippen LogP contribution is 2.32. The predicted molar refractivity (Wildman–Crippen MR) is 81.9 cm³/mol. The first-order valence-corrected chi connectivity index (χ1v) is 8.13. The highest BCUT2D eigenvalue weighted by atomic mass is 32.2. The lowest BCUT2D eigenvalue weighted by Gasteiger charge is -2.28. The topological polar surface area (TPSA) is 92.9 Å². The summed E-state index contributed by atoms with van der Waals surface area (Å²) in [5, 5.41) is 6.59. The Balaban J connectivity index is 1.48. The molecule has 1 saturated carbocycles. The number of nitrogens with one attached hydrogen (secondary N) is 2. The molecule has 1 fully saturated rings. The molecule has 0 bridgehead atoms. The Bertz CT molecular complexity index is 697. The quantitative estimate of drug-likeness (QED) is 0.890. The Morgan fingerprint density at radius 1 is 1.45 bits per heavy atom. The molecule has 118 valence electrons. The molecular formula is C14H18N4O3S. The van der Waals surface area contributed by atoms with Crippen LogP contribution in [0.1, 0.15) is 36.2 Å². The number of carbonyl (C=O) groups excluding carboxylic acids is 1. The molecule has 0 aromatic carbocycles. The number of carbonyl (C=O) groups is 1. The van der Waals surface area contributed by atoms with Gasteiger partial charge in [-0.3, -0.25) is 9.59 Å². The molecule has 0 atom stereocenters.